The molecule has 0 saturated carbocycles. The van der Waals surface area contributed by atoms with E-state index in [1.54, 1.807) is 0 Å². The molecule has 2 aromatic rings. The van der Waals surface area contributed by atoms with Gasteiger partial charge >= 0.3 is 0 Å². The largest absolute Gasteiger partial charge is 0.490 e. The van der Waals surface area contributed by atoms with Crippen LogP contribution in [-0.2, 0) is 11.3 Å². The van der Waals surface area contributed by atoms with Crippen molar-refractivity contribution in [1.29, 1.82) is 0 Å². The summed E-state index contributed by atoms with van der Waals surface area (Å²) in [5.74, 6) is 0.943. The number of nitrogens with one attached hydrogen (secondary N) is 1. The fourth-order valence-electron chi connectivity index (χ4n) is 1.83. The van der Waals surface area contributed by atoms with E-state index in [0.29, 0.717) is 13.2 Å². The van der Waals surface area contributed by atoms with Gasteiger partial charge in [0.25, 0.3) is 0 Å². The number of aryl methyl sites for hydroxylation is 1. The number of hydrogen-bond donors (Lipinski definition) is 1. The first-order chi connectivity index (χ1) is 11.7. The van der Waals surface area contributed by atoms with Gasteiger partial charge in [0, 0.05) is 18.3 Å². The van der Waals surface area contributed by atoms with Crippen molar-refractivity contribution in [2.24, 2.45) is 0 Å². The molecule has 0 radical (unpaired) electrons. The average Bonchev–Trinajstić information content (AvgIpc) is 2.64. The van der Waals surface area contributed by atoms with Gasteiger partial charge in [0.15, 0.2) is 0 Å². The van der Waals surface area contributed by atoms with Crippen molar-refractivity contribution in [3.05, 3.63) is 59.7 Å². The van der Waals surface area contributed by atoms with Crippen molar-refractivity contribution in [3.8, 4) is 5.75 Å². The molecule has 2 rings (SSSR count). The van der Waals surface area contributed by atoms with Crippen LogP contribution in [0.1, 0.15) is 31.9 Å². The van der Waals surface area contributed by atoms with Gasteiger partial charge in [-0.25, -0.2) is 0 Å². The third-order valence-corrected chi connectivity index (χ3v) is 3.13. The van der Waals surface area contributed by atoms with Gasteiger partial charge in [-0.2, -0.15) is 0 Å². The van der Waals surface area contributed by atoms with Crippen molar-refractivity contribution in [1.82, 2.24) is 0 Å². The predicted octanol–water partition coefficient (Wildman–Crippen LogP) is 5.62. The van der Waals surface area contributed by atoms with Gasteiger partial charge < -0.3 is 14.8 Å². The number of hydrogen-bond acceptors (Lipinski definition) is 4. The lowest BCUT2D eigenvalue weighted by molar-refractivity contribution is 0.304. The Bertz CT molecular complexity index is 573. The van der Waals surface area contributed by atoms with E-state index in [1.807, 2.05) is 58.2 Å². The molecule has 2 aromatic carbocycles. The molecule has 0 aliphatic rings. The number of anilines is 1. The minimum absolute atomic E-state index is 0.585. The maximum atomic E-state index is 5.83. The van der Waals surface area contributed by atoms with Crippen LogP contribution in [0.3, 0.4) is 0 Å². The van der Waals surface area contributed by atoms with Crippen molar-refractivity contribution >= 4 is 23.5 Å². The molecule has 24 heavy (non-hydrogen) atoms. The van der Waals surface area contributed by atoms with E-state index in [-0.39, 0.29) is 0 Å². The van der Waals surface area contributed by atoms with Crippen LogP contribution >= 0.6 is 12.2 Å². The molecule has 0 spiro atoms. The molecule has 132 valence electrons. The van der Waals surface area contributed by atoms with Crippen molar-refractivity contribution in [3.63, 3.8) is 0 Å². The van der Waals surface area contributed by atoms with E-state index >= 15 is 0 Å². The Morgan fingerprint density at radius 2 is 1.67 bits per heavy atom. The van der Waals surface area contributed by atoms with Gasteiger partial charge in [0.2, 0.25) is 0 Å². The van der Waals surface area contributed by atoms with E-state index in [0.717, 1.165) is 17.0 Å². The molecule has 0 atom stereocenters. The lowest BCUT2D eigenvalue weighted by atomic mass is 10.2. The van der Waals surface area contributed by atoms with E-state index in [2.05, 4.69) is 47.4 Å². The highest BCUT2D eigenvalue weighted by Gasteiger charge is 2.02. The molecule has 4 heteroatoms. The Balaban J connectivity index is 0.000000650. The topological polar surface area (TPSA) is 30.5 Å². The maximum Gasteiger partial charge on any atom is 0.146 e. The molecule has 0 aliphatic heterocycles. The summed E-state index contributed by atoms with van der Waals surface area (Å²) < 4.78 is 10.3. The standard InChI is InChI=1S/C15H17NO.C3H6OS.C2H6/c1-12-7-3-6-10-15(12)17-11-13-8-4-5-9-14(13)16-2;1-2-4-3-5;1-2/h3-10,16H,11H2,1-2H3;3H,2H2,1H3;1-2H3. The van der Waals surface area contributed by atoms with Gasteiger partial charge in [-0.15, -0.1) is 0 Å². The molecule has 0 aromatic heterocycles. The molecule has 0 heterocycles. The van der Waals surface area contributed by atoms with Gasteiger partial charge in [-0.3, -0.25) is 0 Å². The molecular formula is C20H29NO2S. The summed E-state index contributed by atoms with van der Waals surface area (Å²) in [4.78, 5) is 0. The van der Waals surface area contributed by atoms with Crippen LogP contribution in [0.25, 0.3) is 0 Å². The van der Waals surface area contributed by atoms with Gasteiger partial charge in [0.1, 0.15) is 17.9 Å². The molecule has 0 fully saturated rings. The van der Waals surface area contributed by atoms with Crippen molar-refractivity contribution in [2.45, 2.75) is 34.3 Å². The molecule has 1 N–H and O–H groups in total. The fraction of sp³-hybridized carbons (Fsp3) is 0.350. The smallest absolute Gasteiger partial charge is 0.146 e. The van der Waals surface area contributed by atoms with Gasteiger partial charge in [-0.1, -0.05) is 50.2 Å². The maximum absolute atomic E-state index is 5.83. The number of thiocarbonyl (C=S) groups is 1. The minimum Gasteiger partial charge on any atom is -0.490 e. The predicted molar refractivity (Wildman–Crippen MR) is 108 cm³/mol. The summed E-state index contributed by atoms with van der Waals surface area (Å²) in [6.45, 7) is 9.22. The molecule has 0 aliphatic carbocycles. The lowest BCUT2D eigenvalue weighted by Crippen LogP contribution is -2.01. The molecule has 0 amide bonds. The lowest BCUT2D eigenvalue weighted by Gasteiger charge is -2.12. The average molecular weight is 348 g/mol. The minimum atomic E-state index is 0.585. The van der Waals surface area contributed by atoms with Crippen molar-refractivity contribution in [2.75, 3.05) is 19.0 Å². The zero-order valence-electron chi connectivity index (χ0n) is 15.3. The summed E-state index contributed by atoms with van der Waals surface area (Å²) in [7, 11) is 1.92. The molecule has 0 saturated heterocycles. The first-order valence-corrected chi connectivity index (χ1v) is 8.69. The summed E-state index contributed by atoms with van der Waals surface area (Å²) in [5.41, 5.74) is 4.70. The van der Waals surface area contributed by atoms with Gasteiger partial charge in [-0.05, 0) is 43.8 Å². The first kappa shape index (κ1) is 21.9. The van der Waals surface area contributed by atoms with Crippen LogP contribution in [0.2, 0.25) is 0 Å². The second kappa shape index (κ2) is 14.5. The Labute approximate surface area is 152 Å². The van der Waals surface area contributed by atoms with Crippen molar-refractivity contribution < 1.29 is 9.47 Å². The highest BCUT2D eigenvalue weighted by molar-refractivity contribution is 7.78. The zero-order chi connectivity index (χ0) is 18.2. The first-order valence-electron chi connectivity index (χ1n) is 8.22. The number of rotatable bonds is 6. The van der Waals surface area contributed by atoms with E-state index in [4.69, 9.17) is 4.74 Å². The number of ether oxygens (including phenoxy) is 2. The summed E-state index contributed by atoms with van der Waals surface area (Å²) >= 11 is 4.30. The van der Waals surface area contributed by atoms with Gasteiger partial charge in [0.05, 0.1) is 6.61 Å². The Morgan fingerprint density at radius 1 is 1.04 bits per heavy atom. The monoisotopic (exact) mass is 347 g/mol. The summed E-state index contributed by atoms with van der Waals surface area (Å²) in [6.07, 6.45) is 0. The Morgan fingerprint density at radius 3 is 2.21 bits per heavy atom. The molecule has 3 nitrogen and oxygen atoms in total. The van der Waals surface area contributed by atoms with E-state index < -0.39 is 0 Å². The third kappa shape index (κ3) is 8.53. The quantitative estimate of drug-likeness (QED) is 0.687. The van der Waals surface area contributed by atoms with Crippen LogP contribution in [-0.4, -0.2) is 19.2 Å². The van der Waals surface area contributed by atoms with Crippen LogP contribution < -0.4 is 10.1 Å². The second-order valence-electron chi connectivity index (χ2n) is 4.51. The summed E-state index contributed by atoms with van der Waals surface area (Å²) in [6, 6.07) is 16.2. The fourth-order valence-corrected chi connectivity index (χ4v) is 1.97. The molecular weight excluding hydrogens is 318 g/mol. The zero-order valence-corrected chi connectivity index (χ0v) is 16.2. The number of para-hydroxylation sites is 2. The van der Waals surface area contributed by atoms with Crippen LogP contribution in [0, 0.1) is 6.92 Å². The summed E-state index contributed by atoms with van der Waals surface area (Å²) in [5, 5.41) is 3.17. The second-order valence-corrected chi connectivity index (χ2v) is 4.71. The van der Waals surface area contributed by atoms with E-state index in [1.165, 1.54) is 11.1 Å². The normalized spacial score (nSPS) is 8.71. The van der Waals surface area contributed by atoms with Crippen LogP contribution in [0.5, 0.6) is 5.75 Å². The Kier molecular flexibility index (Phi) is 13.3. The Hall–Kier alpha value is -2.07. The highest BCUT2D eigenvalue weighted by atomic mass is 32.1. The number of benzene rings is 2. The van der Waals surface area contributed by atoms with Crippen LogP contribution in [0.4, 0.5) is 5.69 Å². The molecule has 0 bridgehead atoms. The molecule has 0 unspecified atom stereocenters. The van der Waals surface area contributed by atoms with E-state index in [9.17, 15) is 0 Å². The SMILES string of the molecule is CC.CCOC=S.CNc1ccccc1COc1ccccc1C. The highest BCUT2D eigenvalue weighted by Crippen LogP contribution is 2.20. The van der Waals surface area contributed by atoms with Crippen LogP contribution in [0.15, 0.2) is 48.5 Å². The third-order valence-electron chi connectivity index (χ3n) is 3.00.